The fourth-order valence-corrected chi connectivity index (χ4v) is 4.96. The first kappa shape index (κ1) is 23.0. The van der Waals surface area contributed by atoms with Gasteiger partial charge in [-0.25, -0.2) is 4.39 Å². The van der Waals surface area contributed by atoms with E-state index in [1.807, 2.05) is 0 Å². The standard InChI is InChI=1S/C25H30FN3O4/c1-32-22-10-16(11-23(14-22)33-2)25(31)28-19-12-20-4-3-5-21(13-19)29(20)15-24(30)27-18-8-6-17(26)7-9-18/h6-11,14,19-21H,3-5,12-13,15H2,1-2H3,(H,27,30)(H,28,31). The summed E-state index contributed by atoms with van der Waals surface area (Å²) in [7, 11) is 3.11. The van der Waals surface area contributed by atoms with Gasteiger partial charge in [-0.3, -0.25) is 14.5 Å². The smallest absolute Gasteiger partial charge is 0.251 e. The van der Waals surface area contributed by atoms with Crippen molar-refractivity contribution >= 4 is 17.5 Å². The van der Waals surface area contributed by atoms with Crippen LogP contribution in [0.4, 0.5) is 10.1 Å². The largest absolute Gasteiger partial charge is 0.497 e. The van der Waals surface area contributed by atoms with E-state index in [1.54, 1.807) is 44.6 Å². The fourth-order valence-electron chi connectivity index (χ4n) is 4.96. The van der Waals surface area contributed by atoms with Gasteiger partial charge < -0.3 is 20.1 Å². The van der Waals surface area contributed by atoms with E-state index in [0.717, 1.165) is 32.1 Å². The van der Waals surface area contributed by atoms with E-state index in [2.05, 4.69) is 15.5 Å². The highest BCUT2D eigenvalue weighted by Gasteiger charge is 2.39. The normalized spacial score (nSPS) is 22.3. The highest BCUT2D eigenvalue weighted by molar-refractivity contribution is 5.95. The molecule has 2 aliphatic rings. The van der Waals surface area contributed by atoms with Crippen LogP contribution in [0.2, 0.25) is 0 Å². The van der Waals surface area contributed by atoms with Crippen LogP contribution in [0, 0.1) is 5.82 Å². The zero-order chi connectivity index (χ0) is 23.4. The van der Waals surface area contributed by atoms with Crippen LogP contribution in [0.15, 0.2) is 42.5 Å². The second-order valence-corrected chi connectivity index (χ2v) is 8.71. The van der Waals surface area contributed by atoms with E-state index >= 15 is 0 Å². The van der Waals surface area contributed by atoms with Gasteiger partial charge in [-0.2, -0.15) is 0 Å². The average molecular weight is 456 g/mol. The van der Waals surface area contributed by atoms with Gasteiger partial charge in [0.15, 0.2) is 0 Å². The third kappa shape index (κ3) is 5.63. The van der Waals surface area contributed by atoms with Gasteiger partial charge in [0, 0.05) is 35.4 Å². The number of piperidine rings is 2. The monoisotopic (exact) mass is 455 g/mol. The predicted molar refractivity (Wildman–Crippen MR) is 123 cm³/mol. The summed E-state index contributed by atoms with van der Waals surface area (Å²) in [5.41, 5.74) is 1.08. The first-order valence-electron chi connectivity index (χ1n) is 11.3. The van der Waals surface area contributed by atoms with Gasteiger partial charge in [0.1, 0.15) is 17.3 Å². The van der Waals surface area contributed by atoms with Crippen molar-refractivity contribution in [1.82, 2.24) is 10.2 Å². The van der Waals surface area contributed by atoms with Crippen LogP contribution in [0.5, 0.6) is 11.5 Å². The number of methoxy groups -OCH3 is 2. The molecular formula is C25H30FN3O4. The number of nitrogens with one attached hydrogen (secondary N) is 2. The molecule has 2 aromatic carbocycles. The summed E-state index contributed by atoms with van der Waals surface area (Å²) >= 11 is 0. The Kier molecular flexibility index (Phi) is 7.13. The minimum absolute atomic E-state index is 0.0430. The van der Waals surface area contributed by atoms with E-state index in [9.17, 15) is 14.0 Å². The van der Waals surface area contributed by atoms with Crippen molar-refractivity contribution in [3.8, 4) is 11.5 Å². The fraction of sp³-hybridized carbons (Fsp3) is 0.440. The van der Waals surface area contributed by atoms with Gasteiger partial charge >= 0.3 is 0 Å². The Balaban J connectivity index is 1.37. The zero-order valence-electron chi connectivity index (χ0n) is 19.0. The third-order valence-corrected chi connectivity index (χ3v) is 6.53. The van der Waals surface area contributed by atoms with E-state index in [-0.39, 0.29) is 35.8 Å². The second-order valence-electron chi connectivity index (χ2n) is 8.71. The van der Waals surface area contributed by atoms with Crippen molar-refractivity contribution in [2.45, 2.75) is 50.2 Å². The Morgan fingerprint density at radius 1 is 1.00 bits per heavy atom. The van der Waals surface area contributed by atoms with Gasteiger partial charge in [0.05, 0.1) is 20.8 Å². The zero-order valence-corrected chi connectivity index (χ0v) is 19.0. The third-order valence-electron chi connectivity index (χ3n) is 6.53. The van der Waals surface area contributed by atoms with Crippen LogP contribution in [-0.4, -0.2) is 55.6 Å². The maximum absolute atomic E-state index is 13.1. The summed E-state index contributed by atoms with van der Waals surface area (Å²) in [6.45, 7) is 0.292. The Bertz CT molecular complexity index is 961. The maximum atomic E-state index is 13.1. The number of nitrogens with zero attached hydrogens (tertiary/aromatic N) is 1. The van der Waals surface area contributed by atoms with E-state index < -0.39 is 0 Å². The minimum Gasteiger partial charge on any atom is -0.497 e. The summed E-state index contributed by atoms with van der Waals surface area (Å²) in [6, 6.07) is 11.4. The molecule has 2 heterocycles. The molecule has 2 saturated heterocycles. The molecule has 176 valence electrons. The lowest BCUT2D eigenvalue weighted by molar-refractivity contribution is -0.120. The topological polar surface area (TPSA) is 79.9 Å². The molecular weight excluding hydrogens is 425 g/mol. The number of fused-ring (bicyclic) bond motifs is 2. The van der Waals surface area contributed by atoms with Crippen molar-refractivity contribution in [1.29, 1.82) is 0 Å². The van der Waals surface area contributed by atoms with E-state index in [0.29, 0.717) is 29.3 Å². The highest BCUT2D eigenvalue weighted by Crippen LogP contribution is 2.34. The summed E-state index contributed by atoms with van der Waals surface area (Å²) in [4.78, 5) is 27.8. The number of anilines is 1. The first-order chi connectivity index (χ1) is 15.9. The Morgan fingerprint density at radius 3 is 2.18 bits per heavy atom. The number of hydrogen-bond acceptors (Lipinski definition) is 5. The molecule has 0 aliphatic carbocycles. The molecule has 33 heavy (non-hydrogen) atoms. The number of amides is 2. The molecule has 7 nitrogen and oxygen atoms in total. The molecule has 2 amide bonds. The van der Waals surface area contributed by atoms with E-state index in [4.69, 9.17) is 9.47 Å². The summed E-state index contributed by atoms with van der Waals surface area (Å²) < 4.78 is 23.6. The lowest BCUT2D eigenvalue weighted by Crippen LogP contribution is -2.58. The van der Waals surface area contributed by atoms with E-state index in [1.165, 1.54) is 12.1 Å². The van der Waals surface area contributed by atoms with Crippen molar-refractivity contribution < 1.29 is 23.5 Å². The summed E-state index contributed by atoms with van der Waals surface area (Å²) in [6.07, 6.45) is 4.72. The number of carbonyl (C=O) groups is 2. The number of rotatable bonds is 7. The second kappa shape index (κ2) is 10.2. The van der Waals surface area contributed by atoms with Gasteiger partial charge in [-0.15, -0.1) is 0 Å². The highest BCUT2D eigenvalue weighted by atomic mass is 19.1. The molecule has 2 bridgehead atoms. The Labute approximate surface area is 193 Å². The molecule has 0 spiro atoms. The molecule has 2 unspecified atom stereocenters. The van der Waals surface area contributed by atoms with Gasteiger partial charge in [-0.05, 0) is 62.1 Å². The molecule has 2 aromatic rings. The molecule has 8 heteroatoms. The lowest BCUT2D eigenvalue weighted by atomic mass is 9.81. The maximum Gasteiger partial charge on any atom is 0.251 e. The van der Waals surface area contributed by atoms with Crippen LogP contribution in [-0.2, 0) is 4.79 Å². The first-order valence-corrected chi connectivity index (χ1v) is 11.3. The van der Waals surface area contributed by atoms with Gasteiger partial charge in [0.25, 0.3) is 5.91 Å². The van der Waals surface area contributed by atoms with Crippen LogP contribution < -0.4 is 20.1 Å². The van der Waals surface area contributed by atoms with Crippen LogP contribution in [0.3, 0.4) is 0 Å². The molecule has 0 radical (unpaired) electrons. The molecule has 2 aliphatic heterocycles. The number of ether oxygens (including phenoxy) is 2. The lowest BCUT2D eigenvalue weighted by Gasteiger charge is -2.48. The Morgan fingerprint density at radius 2 is 1.61 bits per heavy atom. The van der Waals surface area contributed by atoms with Gasteiger partial charge in [-0.1, -0.05) is 6.42 Å². The molecule has 2 fully saturated rings. The summed E-state index contributed by atoms with van der Waals surface area (Å²) in [5, 5.41) is 6.02. The van der Waals surface area contributed by atoms with Crippen LogP contribution in [0.1, 0.15) is 42.5 Å². The van der Waals surface area contributed by atoms with Crippen LogP contribution in [0.25, 0.3) is 0 Å². The van der Waals surface area contributed by atoms with Gasteiger partial charge in [0.2, 0.25) is 5.91 Å². The van der Waals surface area contributed by atoms with Crippen LogP contribution >= 0.6 is 0 Å². The molecule has 2 atom stereocenters. The van der Waals surface area contributed by atoms with Crippen molar-refractivity contribution in [3.63, 3.8) is 0 Å². The molecule has 0 aromatic heterocycles. The van der Waals surface area contributed by atoms with Crippen molar-refractivity contribution in [2.24, 2.45) is 0 Å². The molecule has 4 rings (SSSR count). The number of benzene rings is 2. The van der Waals surface area contributed by atoms with Crippen molar-refractivity contribution in [2.75, 3.05) is 26.1 Å². The minimum atomic E-state index is -0.334. The SMILES string of the molecule is COc1cc(OC)cc(C(=O)NC2CC3CCCC(C2)N3CC(=O)Nc2ccc(F)cc2)c1. The Hall–Kier alpha value is -3.13. The molecule has 0 saturated carbocycles. The number of halogens is 1. The number of carbonyl (C=O) groups excluding carboxylic acids is 2. The molecule has 2 N–H and O–H groups in total. The summed E-state index contributed by atoms with van der Waals surface area (Å²) in [5.74, 6) is 0.540. The quantitative estimate of drug-likeness (QED) is 0.667. The predicted octanol–water partition coefficient (Wildman–Crippen LogP) is 3.60. The number of hydrogen-bond donors (Lipinski definition) is 2. The average Bonchev–Trinajstić information content (AvgIpc) is 2.80. The van der Waals surface area contributed by atoms with Crippen molar-refractivity contribution in [3.05, 3.63) is 53.8 Å².